The molecule has 0 spiro atoms. The maximum atomic E-state index is 2.52. The van der Waals surface area contributed by atoms with E-state index in [4.69, 9.17) is 0 Å². The van der Waals surface area contributed by atoms with Gasteiger partial charge in [-0.2, -0.15) is 0 Å². The van der Waals surface area contributed by atoms with Crippen molar-refractivity contribution in [1.82, 2.24) is 0 Å². The van der Waals surface area contributed by atoms with E-state index in [2.05, 4.69) is 278 Å². The van der Waals surface area contributed by atoms with Gasteiger partial charge in [0.2, 0.25) is 0 Å². The number of nitrogens with zero attached hydrogens (tertiary/aromatic N) is 2. The Morgan fingerprint density at radius 2 is 0.877 bits per heavy atom. The van der Waals surface area contributed by atoms with E-state index in [1.165, 1.54) is 98.7 Å². The first kappa shape index (κ1) is 42.9. The van der Waals surface area contributed by atoms with Gasteiger partial charge in [0.15, 0.2) is 0 Å². The summed E-state index contributed by atoms with van der Waals surface area (Å²) in [5, 5.41) is 9.81. The van der Waals surface area contributed by atoms with Gasteiger partial charge in [-0.3, -0.25) is 0 Å². The second-order valence-corrected chi connectivity index (χ2v) is 20.3. The summed E-state index contributed by atoms with van der Waals surface area (Å²) < 4.78 is 0. The van der Waals surface area contributed by atoms with E-state index in [1.807, 2.05) is 0 Å². The summed E-state index contributed by atoms with van der Waals surface area (Å²) in [7, 11) is 0. The number of allylic oxidation sites excluding steroid dienone is 1. The first-order valence-electron chi connectivity index (χ1n) is 25.7. The number of anilines is 6. The smallest absolute Gasteiger partial charge is 0.0468 e. The van der Waals surface area contributed by atoms with Crippen LogP contribution in [0.25, 0.3) is 82.5 Å². The van der Waals surface area contributed by atoms with Gasteiger partial charge in [-0.15, -0.1) is 0 Å². The molecule has 2 nitrogen and oxygen atoms in total. The Morgan fingerprint density at radius 3 is 1.58 bits per heavy atom. The number of aryl methyl sites for hydroxylation is 1. The lowest BCUT2D eigenvalue weighted by Crippen LogP contribution is -2.15. The highest BCUT2D eigenvalue weighted by atomic mass is 15.1. The first-order chi connectivity index (χ1) is 36.0. The summed E-state index contributed by atoms with van der Waals surface area (Å²) in [6.07, 6.45) is 6.66. The minimum atomic E-state index is -0.173. The molecule has 0 aromatic heterocycles. The van der Waals surface area contributed by atoms with E-state index >= 15 is 0 Å². The fourth-order valence-electron chi connectivity index (χ4n) is 12.4. The van der Waals surface area contributed by atoms with Crippen molar-refractivity contribution >= 4 is 83.3 Å². The zero-order valence-electron chi connectivity index (χ0n) is 41.1. The van der Waals surface area contributed by atoms with Crippen molar-refractivity contribution in [3.8, 4) is 33.4 Å². The van der Waals surface area contributed by atoms with E-state index < -0.39 is 0 Å². The number of fused-ring (bicyclic) bond motifs is 9. The van der Waals surface area contributed by atoms with Gasteiger partial charge >= 0.3 is 0 Å². The van der Waals surface area contributed by atoms with Crippen LogP contribution in [-0.2, 0) is 11.8 Å². The van der Waals surface area contributed by atoms with Gasteiger partial charge in [0, 0.05) is 39.5 Å². The topological polar surface area (TPSA) is 6.48 Å². The van der Waals surface area contributed by atoms with Crippen molar-refractivity contribution < 1.29 is 0 Å². The van der Waals surface area contributed by atoms with Crippen LogP contribution in [0.5, 0.6) is 0 Å². The van der Waals surface area contributed by atoms with E-state index in [-0.39, 0.29) is 5.41 Å². The quantitative estimate of drug-likeness (QED) is 0.111. The predicted octanol–water partition coefficient (Wildman–Crippen LogP) is 19.8. The highest BCUT2D eigenvalue weighted by Crippen LogP contribution is 2.53. The third-order valence-electron chi connectivity index (χ3n) is 15.8. The lowest BCUT2D eigenvalue weighted by Gasteiger charge is -2.29. The first-order valence-corrected chi connectivity index (χ1v) is 25.7. The van der Waals surface area contributed by atoms with Crippen LogP contribution in [0.15, 0.2) is 249 Å². The Morgan fingerprint density at radius 1 is 0.342 bits per heavy atom. The summed E-state index contributed by atoms with van der Waals surface area (Å²) in [4.78, 5) is 4.86. The largest absolute Gasteiger partial charge is 0.310 e. The average Bonchev–Trinajstić information content (AvgIpc) is 3.69. The van der Waals surface area contributed by atoms with E-state index in [9.17, 15) is 0 Å². The van der Waals surface area contributed by atoms with Crippen LogP contribution in [0, 0.1) is 0 Å². The number of benzene rings is 12. The fourth-order valence-corrected chi connectivity index (χ4v) is 12.4. The molecule has 12 aromatic carbocycles. The number of para-hydroxylation sites is 3. The fraction of sp³-hybridized carbons (Fsp3) is 0.0704. The maximum Gasteiger partial charge on any atom is 0.0468 e. The molecule has 0 bridgehead atoms. The minimum Gasteiger partial charge on any atom is -0.310 e. The normalized spacial score (nSPS) is 13.3. The van der Waals surface area contributed by atoms with Gasteiger partial charge in [-0.05, 0) is 196 Å². The van der Waals surface area contributed by atoms with Crippen molar-refractivity contribution in [2.45, 2.75) is 32.1 Å². The van der Waals surface area contributed by atoms with Crippen molar-refractivity contribution in [1.29, 1.82) is 0 Å². The summed E-state index contributed by atoms with van der Waals surface area (Å²) in [6.45, 7) is 4.79. The lowest BCUT2D eigenvalue weighted by molar-refractivity contribution is 0.660. The summed E-state index contributed by atoms with van der Waals surface area (Å²) in [6, 6.07) is 90.6. The molecule has 0 unspecified atom stereocenters. The summed E-state index contributed by atoms with van der Waals surface area (Å²) >= 11 is 0. The van der Waals surface area contributed by atoms with Gasteiger partial charge in [-0.1, -0.05) is 184 Å². The number of hydrogen-bond acceptors (Lipinski definition) is 2. The molecule has 346 valence electrons. The predicted molar refractivity (Wildman–Crippen MR) is 312 cm³/mol. The Kier molecular flexibility index (Phi) is 10.0. The molecule has 14 rings (SSSR count). The minimum absolute atomic E-state index is 0.173. The molecule has 2 aliphatic rings. The second-order valence-electron chi connectivity index (χ2n) is 20.3. The Bertz CT molecular complexity index is 4130. The van der Waals surface area contributed by atoms with E-state index in [1.54, 1.807) is 0 Å². The zero-order valence-corrected chi connectivity index (χ0v) is 41.1. The van der Waals surface area contributed by atoms with Crippen LogP contribution in [-0.4, -0.2) is 0 Å². The summed E-state index contributed by atoms with van der Waals surface area (Å²) in [5.74, 6) is 0. The monoisotopic (exact) mass is 932 g/mol. The van der Waals surface area contributed by atoms with Crippen LogP contribution >= 0.6 is 0 Å². The molecule has 2 aliphatic carbocycles. The number of hydrogen-bond donors (Lipinski definition) is 0. The standard InChI is InChI=1S/C71H52N2/c1-71(2)67-33-19-18-32-60(67)61-39-35-50(44-68(61)71)69-62-40-37-55(72(51-23-6-3-7-24-51)52-25-8-4-9-26-52)46-66(62)70(64-43-49-22-14-15-29-57(49)58-30-16-17-31-59(58)64)63-41-38-56(45-65(63)69)73(53-27-10-5-11-28-53)54-36-34-47-20-12-13-21-48(47)42-54/h3-12,14-20,22-46H,13,21H2,1-2H3. The highest BCUT2D eigenvalue weighted by Gasteiger charge is 2.36. The molecule has 12 aromatic rings. The Hall–Kier alpha value is -8.98. The van der Waals surface area contributed by atoms with Gasteiger partial charge in [0.05, 0.1) is 0 Å². The third-order valence-corrected chi connectivity index (χ3v) is 15.8. The molecule has 0 heterocycles. The SMILES string of the molecule is CC1(C)c2ccccc2-c2ccc(-c3c4cc(N(c5ccccc5)c5ccc6c(c5)CCC=C6)ccc4c(-c4cc5ccccc5c5ccccc45)c4cc(N(c5ccccc5)c5ccccc5)ccc34)cc21. The van der Waals surface area contributed by atoms with Gasteiger partial charge < -0.3 is 9.80 Å². The molecule has 0 saturated carbocycles. The average molecular weight is 933 g/mol. The Balaban J connectivity index is 1.13. The maximum absolute atomic E-state index is 2.52. The van der Waals surface area contributed by atoms with Crippen LogP contribution in [0.4, 0.5) is 34.1 Å². The molecular weight excluding hydrogens is 881 g/mol. The van der Waals surface area contributed by atoms with Gasteiger partial charge in [0.1, 0.15) is 0 Å². The molecule has 0 atom stereocenters. The molecular formula is C71H52N2. The van der Waals surface area contributed by atoms with Crippen molar-refractivity contribution in [2.75, 3.05) is 9.80 Å². The molecule has 0 amide bonds. The van der Waals surface area contributed by atoms with Gasteiger partial charge in [0.25, 0.3) is 0 Å². The second kappa shape index (κ2) is 17.1. The zero-order chi connectivity index (χ0) is 48.6. The summed E-state index contributed by atoms with van der Waals surface area (Å²) in [5.41, 5.74) is 19.5. The van der Waals surface area contributed by atoms with Crippen LogP contribution in [0.3, 0.4) is 0 Å². The highest BCUT2D eigenvalue weighted by molar-refractivity contribution is 6.26. The van der Waals surface area contributed by atoms with E-state index in [0.29, 0.717) is 0 Å². The molecule has 0 saturated heterocycles. The lowest BCUT2D eigenvalue weighted by atomic mass is 9.80. The van der Waals surface area contributed by atoms with Crippen molar-refractivity contribution in [3.05, 3.63) is 271 Å². The van der Waals surface area contributed by atoms with Gasteiger partial charge in [-0.25, -0.2) is 0 Å². The van der Waals surface area contributed by atoms with Crippen LogP contribution in [0.1, 0.15) is 42.5 Å². The number of rotatable bonds is 8. The Labute approximate surface area is 427 Å². The molecule has 2 heteroatoms. The molecule has 0 aliphatic heterocycles. The van der Waals surface area contributed by atoms with Crippen molar-refractivity contribution in [2.24, 2.45) is 0 Å². The van der Waals surface area contributed by atoms with E-state index in [0.717, 1.165) is 47.0 Å². The van der Waals surface area contributed by atoms with Crippen molar-refractivity contribution in [3.63, 3.8) is 0 Å². The van der Waals surface area contributed by atoms with Crippen LogP contribution in [0.2, 0.25) is 0 Å². The molecule has 0 fully saturated rings. The molecule has 0 N–H and O–H groups in total. The molecule has 73 heavy (non-hydrogen) atoms. The van der Waals surface area contributed by atoms with Crippen LogP contribution < -0.4 is 9.80 Å². The molecule has 0 radical (unpaired) electrons. The third kappa shape index (κ3) is 7.01.